The van der Waals surface area contributed by atoms with E-state index in [1.54, 1.807) is 16.7 Å². The number of rotatable bonds is 6. The SMILES string of the molecule is CCCSCc1nc(C2CC(=O)N(c3ccccc3)C2)no1. The van der Waals surface area contributed by atoms with Crippen LogP contribution >= 0.6 is 11.8 Å². The highest BCUT2D eigenvalue weighted by Gasteiger charge is 2.34. The number of hydrogen-bond donors (Lipinski definition) is 0. The molecule has 1 unspecified atom stereocenters. The van der Waals surface area contributed by atoms with Crippen molar-refractivity contribution in [3.05, 3.63) is 42.0 Å². The minimum atomic E-state index is 0.0152. The molecule has 0 bridgehead atoms. The van der Waals surface area contributed by atoms with Crippen LogP contribution in [0.3, 0.4) is 0 Å². The Hall–Kier alpha value is -1.82. The van der Waals surface area contributed by atoms with Crippen LogP contribution in [-0.4, -0.2) is 28.3 Å². The lowest BCUT2D eigenvalue weighted by atomic mass is 10.1. The van der Waals surface area contributed by atoms with Crippen LogP contribution in [0.2, 0.25) is 0 Å². The van der Waals surface area contributed by atoms with Gasteiger partial charge >= 0.3 is 0 Å². The van der Waals surface area contributed by atoms with Crippen molar-refractivity contribution in [1.82, 2.24) is 10.1 Å². The van der Waals surface area contributed by atoms with Crippen molar-refractivity contribution < 1.29 is 9.32 Å². The van der Waals surface area contributed by atoms with Crippen molar-refractivity contribution in [3.63, 3.8) is 0 Å². The van der Waals surface area contributed by atoms with E-state index in [4.69, 9.17) is 4.52 Å². The Labute approximate surface area is 134 Å². The Morgan fingerprint density at radius 1 is 1.36 bits per heavy atom. The summed E-state index contributed by atoms with van der Waals surface area (Å²) in [4.78, 5) is 18.5. The maximum Gasteiger partial charge on any atom is 0.236 e. The van der Waals surface area contributed by atoms with Gasteiger partial charge in [0.25, 0.3) is 0 Å². The van der Waals surface area contributed by atoms with Crippen LogP contribution in [0, 0.1) is 0 Å². The molecule has 0 aliphatic carbocycles. The molecule has 1 aliphatic rings. The molecule has 0 saturated carbocycles. The van der Waals surface area contributed by atoms with E-state index in [-0.39, 0.29) is 11.8 Å². The third kappa shape index (κ3) is 3.32. The van der Waals surface area contributed by atoms with Crippen molar-refractivity contribution in [2.75, 3.05) is 17.2 Å². The van der Waals surface area contributed by atoms with E-state index in [0.29, 0.717) is 24.7 Å². The van der Waals surface area contributed by atoms with Crippen LogP contribution in [0.4, 0.5) is 5.69 Å². The first kappa shape index (κ1) is 15.1. The molecule has 1 saturated heterocycles. The maximum absolute atomic E-state index is 12.2. The first-order valence-electron chi connectivity index (χ1n) is 7.53. The number of aromatic nitrogens is 2. The van der Waals surface area contributed by atoms with Crippen LogP contribution in [-0.2, 0) is 10.5 Å². The van der Waals surface area contributed by atoms with Crippen LogP contribution in [0.1, 0.15) is 37.4 Å². The Bertz CT molecular complexity index is 629. The summed E-state index contributed by atoms with van der Waals surface area (Å²) in [6.07, 6.45) is 1.57. The predicted molar refractivity (Wildman–Crippen MR) is 86.9 cm³/mol. The molecule has 0 spiro atoms. The minimum absolute atomic E-state index is 0.0152. The van der Waals surface area contributed by atoms with Gasteiger partial charge < -0.3 is 9.42 Å². The average Bonchev–Trinajstić information content (AvgIpc) is 3.15. The van der Waals surface area contributed by atoms with Gasteiger partial charge in [-0.25, -0.2) is 0 Å². The van der Waals surface area contributed by atoms with Gasteiger partial charge in [-0.15, -0.1) is 0 Å². The Balaban J connectivity index is 1.66. The van der Waals surface area contributed by atoms with Crippen LogP contribution < -0.4 is 4.90 Å². The van der Waals surface area contributed by atoms with Gasteiger partial charge in [0, 0.05) is 24.6 Å². The standard InChI is InChI=1S/C16H19N3O2S/c1-2-8-22-11-14-17-16(18-21-14)12-9-15(20)19(10-12)13-6-4-3-5-7-13/h3-7,12H,2,8-11H2,1H3. The van der Waals surface area contributed by atoms with Crippen molar-refractivity contribution in [2.24, 2.45) is 0 Å². The lowest BCUT2D eigenvalue weighted by Gasteiger charge is -2.15. The van der Waals surface area contributed by atoms with E-state index >= 15 is 0 Å². The molecule has 3 rings (SSSR count). The third-order valence-electron chi connectivity index (χ3n) is 3.62. The first-order chi connectivity index (χ1) is 10.8. The molecule has 0 N–H and O–H groups in total. The van der Waals surface area contributed by atoms with Gasteiger partial charge in [0.1, 0.15) is 0 Å². The molecule has 6 heteroatoms. The molecular weight excluding hydrogens is 298 g/mol. The zero-order chi connectivity index (χ0) is 15.4. The molecule has 0 radical (unpaired) electrons. The highest BCUT2D eigenvalue weighted by Crippen LogP contribution is 2.30. The number of para-hydroxylation sites is 1. The summed E-state index contributed by atoms with van der Waals surface area (Å²) in [5.41, 5.74) is 0.928. The van der Waals surface area contributed by atoms with E-state index in [2.05, 4.69) is 17.1 Å². The molecule has 5 nitrogen and oxygen atoms in total. The fourth-order valence-corrected chi connectivity index (χ4v) is 3.26. The molecular formula is C16H19N3O2S. The van der Waals surface area contributed by atoms with Crippen LogP contribution in [0.5, 0.6) is 0 Å². The molecule has 1 aliphatic heterocycles. The van der Waals surface area contributed by atoms with Crippen molar-refractivity contribution in [1.29, 1.82) is 0 Å². The van der Waals surface area contributed by atoms with Crippen LogP contribution in [0.25, 0.3) is 0 Å². The van der Waals surface area contributed by atoms with E-state index in [9.17, 15) is 4.79 Å². The summed E-state index contributed by atoms with van der Waals surface area (Å²) in [6.45, 7) is 2.76. The highest BCUT2D eigenvalue weighted by atomic mass is 32.2. The van der Waals surface area contributed by atoms with Crippen molar-refractivity contribution in [2.45, 2.75) is 31.4 Å². The van der Waals surface area contributed by atoms with Gasteiger partial charge in [0.15, 0.2) is 5.82 Å². The number of benzene rings is 1. The normalized spacial score (nSPS) is 18.1. The number of hydrogen-bond acceptors (Lipinski definition) is 5. The summed E-state index contributed by atoms with van der Waals surface area (Å²) < 4.78 is 5.29. The smallest absolute Gasteiger partial charge is 0.236 e. The Morgan fingerprint density at radius 2 is 2.18 bits per heavy atom. The van der Waals surface area contributed by atoms with E-state index in [1.807, 2.05) is 30.3 Å². The molecule has 2 heterocycles. The maximum atomic E-state index is 12.2. The summed E-state index contributed by atoms with van der Waals surface area (Å²) in [6, 6.07) is 9.72. The first-order valence-corrected chi connectivity index (χ1v) is 8.69. The van der Waals surface area contributed by atoms with Gasteiger partial charge in [0.05, 0.1) is 5.75 Å². The zero-order valence-corrected chi connectivity index (χ0v) is 13.4. The number of carbonyl (C=O) groups is 1. The fourth-order valence-electron chi connectivity index (χ4n) is 2.53. The predicted octanol–water partition coefficient (Wildman–Crippen LogP) is 3.23. The number of amides is 1. The van der Waals surface area contributed by atoms with Gasteiger partial charge in [0.2, 0.25) is 11.8 Å². The van der Waals surface area contributed by atoms with Gasteiger partial charge in [-0.1, -0.05) is 30.3 Å². The summed E-state index contributed by atoms with van der Waals surface area (Å²) in [5.74, 6) is 3.26. The summed E-state index contributed by atoms with van der Waals surface area (Å²) in [7, 11) is 0. The second-order valence-electron chi connectivity index (χ2n) is 5.34. The van der Waals surface area contributed by atoms with Crippen LogP contribution in [0.15, 0.2) is 34.9 Å². The van der Waals surface area contributed by atoms with E-state index < -0.39 is 0 Å². The topological polar surface area (TPSA) is 59.2 Å². The second kappa shape index (κ2) is 6.96. The fraction of sp³-hybridized carbons (Fsp3) is 0.438. The molecule has 1 fully saturated rings. The van der Waals surface area contributed by atoms with Gasteiger partial charge in [-0.05, 0) is 24.3 Å². The van der Waals surface area contributed by atoms with Gasteiger partial charge in [-0.2, -0.15) is 16.7 Å². The number of carbonyl (C=O) groups excluding carboxylic acids is 1. The molecule has 22 heavy (non-hydrogen) atoms. The molecule has 1 amide bonds. The van der Waals surface area contributed by atoms with Crippen molar-refractivity contribution in [3.8, 4) is 0 Å². The number of thioether (sulfide) groups is 1. The highest BCUT2D eigenvalue weighted by molar-refractivity contribution is 7.98. The lowest BCUT2D eigenvalue weighted by Crippen LogP contribution is -2.24. The summed E-state index contributed by atoms with van der Waals surface area (Å²) >= 11 is 1.79. The second-order valence-corrected chi connectivity index (χ2v) is 6.45. The minimum Gasteiger partial charge on any atom is -0.338 e. The van der Waals surface area contributed by atoms with E-state index in [0.717, 1.165) is 23.6 Å². The molecule has 2 aromatic rings. The quantitative estimate of drug-likeness (QED) is 0.766. The lowest BCUT2D eigenvalue weighted by molar-refractivity contribution is -0.117. The Kier molecular flexibility index (Phi) is 4.77. The summed E-state index contributed by atoms with van der Waals surface area (Å²) in [5, 5.41) is 4.06. The third-order valence-corrected chi connectivity index (χ3v) is 4.76. The molecule has 1 atom stereocenters. The number of nitrogens with zero attached hydrogens (tertiary/aromatic N) is 3. The van der Waals surface area contributed by atoms with E-state index in [1.165, 1.54) is 0 Å². The monoisotopic (exact) mass is 317 g/mol. The average molecular weight is 317 g/mol. The largest absolute Gasteiger partial charge is 0.338 e. The zero-order valence-electron chi connectivity index (χ0n) is 12.6. The molecule has 116 valence electrons. The van der Waals surface area contributed by atoms with Gasteiger partial charge in [-0.3, -0.25) is 4.79 Å². The van der Waals surface area contributed by atoms with Crippen molar-refractivity contribution >= 4 is 23.4 Å². The molecule has 1 aromatic carbocycles. The number of anilines is 1. The Morgan fingerprint density at radius 3 is 2.95 bits per heavy atom. The molecule has 1 aromatic heterocycles.